The van der Waals surface area contributed by atoms with Gasteiger partial charge in [-0.15, -0.1) is 0 Å². The summed E-state index contributed by atoms with van der Waals surface area (Å²) in [6, 6.07) is 0. The molecule has 1 heteroatoms. The molecular weight excluding hydrogens is 223 g/mol. The first-order valence-corrected chi connectivity index (χ1v) is 5.45. The summed E-state index contributed by atoms with van der Waals surface area (Å²) in [5.41, 5.74) is 0. The lowest BCUT2D eigenvalue weighted by molar-refractivity contribution is 1.09. The summed E-state index contributed by atoms with van der Waals surface area (Å²) in [7, 11) is 0. The summed E-state index contributed by atoms with van der Waals surface area (Å²) >= 11 is 0. The van der Waals surface area contributed by atoms with Crippen LogP contribution in [-0.4, -0.2) is 0 Å². The average molecular weight is 279 g/mol. The molecule has 0 spiro atoms. The van der Waals surface area contributed by atoms with Crippen LogP contribution in [0.4, 0.5) is 0 Å². The Morgan fingerprint density at radius 1 is 0.824 bits per heavy atom. The first kappa shape index (κ1) is 36.0. The van der Waals surface area contributed by atoms with Gasteiger partial charge in [0.1, 0.15) is 0 Å². The molecule has 0 aromatic rings. The standard InChI is InChI=1S/3C3H8.2C2H6.3CH4.H3P/c3*1-3-2;2*1-2;;;;/h3*3H2,1-2H3;2*1-2H3;3*1H4;1H3/i1D;;;1T;1D;;;;. The molecule has 1 unspecified atom stereocenters. The van der Waals surface area contributed by atoms with Gasteiger partial charge in [-0.05, 0) is 0 Å². The lowest BCUT2D eigenvalue weighted by Gasteiger charge is -1.48. The van der Waals surface area contributed by atoms with Crippen LogP contribution in [0.25, 0.3) is 0 Å². The third-order valence-electron chi connectivity index (χ3n) is 0. The first-order chi connectivity index (χ1) is 7.57. The van der Waals surface area contributed by atoms with E-state index in [4.69, 9.17) is 4.11 Å². The van der Waals surface area contributed by atoms with Crippen molar-refractivity contribution >= 4 is 9.90 Å². The van der Waals surface area contributed by atoms with Crippen LogP contribution < -0.4 is 0 Å². The predicted octanol–water partition coefficient (Wildman–Crippen LogP) is 8.27. The molecule has 0 radical (unpaired) electrons. The molecule has 1 atom stereocenters. The van der Waals surface area contributed by atoms with Crippen LogP contribution in [0.5, 0.6) is 0 Å². The Labute approximate surface area is 125 Å². The minimum Gasteiger partial charge on any atom is -0.153 e. The molecule has 0 aliphatic heterocycles. The largest absolute Gasteiger partial charge is 0.153 e. The zero-order chi connectivity index (χ0) is 14.2. The van der Waals surface area contributed by atoms with Crippen molar-refractivity contribution < 1.29 is 4.11 Å². The molecule has 120 valence electrons. The molecule has 0 aromatic heterocycles. The van der Waals surface area contributed by atoms with Crippen LogP contribution in [0, 0.1) is 0 Å². The van der Waals surface area contributed by atoms with Gasteiger partial charge in [-0.2, -0.15) is 9.90 Å². The highest BCUT2D eigenvalue weighted by atomic mass is 31.0. The molecule has 0 heterocycles. The van der Waals surface area contributed by atoms with E-state index in [0.29, 0.717) is 20.7 Å². The number of rotatable bonds is 0. The third kappa shape index (κ3) is 18500. The quantitative estimate of drug-likeness (QED) is 0.391. The van der Waals surface area contributed by atoms with Gasteiger partial charge in [-0.1, -0.05) is 111 Å². The molecule has 0 nitrogen and oxygen atoms in total. The van der Waals surface area contributed by atoms with Crippen molar-refractivity contribution in [2.75, 3.05) is 0 Å². The Hall–Kier alpha value is 0.430. The van der Waals surface area contributed by atoms with Crippen molar-refractivity contribution in [1.82, 2.24) is 0 Å². The molecule has 0 aliphatic rings. The van der Waals surface area contributed by atoms with Crippen LogP contribution >= 0.6 is 9.90 Å². The van der Waals surface area contributed by atoms with Crippen LogP contribution in [0.1, 0.15) is 115 Å². The van der Waals surface area contributed by atoms with Crippen molar-refractivity contribution in [3.05, 3.63) is 0 Å². The van der Waals surface area contributed by atoms with E-state index in [0.717, 1.165) is 6.42 Å². The van der Waals surface area contributed by atoms with Gasteiger partial charge in [-0.3, -0.25) is 0 Å². The van der Waals surface area contributed by atoms with Gasteiger partial charge < -0.3 is 0 Å². The molecule has 0 aromatic carbocycles. The monoisotopic (exact) mass is 278 g/mol. The van der Waals surface area contributed by atoms with Crippen molar-refractivity contribution in [3.8, 4) is 0 Å². The van der Waals surface area contributed by atoms with Gasteiger partial charge in [0, 0.05) is 4.11 Å². The second-order valence-corrected chi connectivity index (χ2v) is 1.91. The highest BCUT2D eigenvalue weighted by molar-refractivity contribution is 6.92. The Balaban J connectivity index is -0.0000000103. The van der Waals surface area contributed by atoms with E-state index in [1.54, 1.807) is 13.8 Å². The SMILES string of the molecule is C.C.C.CCC.CCC.P.[2H]CC.[2H]CCC.[3H]CC. The summed E-state index contributed by atoms with van der Waals surface area (Å²) in [6.45, 7) is 15.6. The highest BCUT2D eigenvalue weighted by Crippen LogP contribution is 1.56. The smallest absolute Gasteiger partial charge is 0.0230 e. The molecule has 0 aliphatic carbocycles. The number of hydrogen-bond donors (Lipinski definition) is 0. The van der Waals surface area contributed by atoms with Crippen LogP contribution in [0.2, 0.25) is 0 Å². The molecule has 0 saturated heterocycles. The van der Waals surface area contributed by atoms with Crippen LogP contribution in [-0.2, 0) is 0 Å². The van der Waals surface area contributed by atoms with Gasteiger partial charge >= 0.3 is 0 Å². The van der Waals surface area contributed by atoms with E-state index in [9.17, 15) is 0 Å². The van der Waals surface area contributed by atoms with Crippen molar-refractivity contribution in [2.45, 2.75) is 111 Å². The summed E-state index contributed by atoms with van der Waals surface area (Å²) in [6.07, 6.45) is 3.49. The van der Waals surface area contributed by atoms with Crippen LogP contribution in [0.15, 0.2) is 0 Å². The molecule has 0 bridgehead atoms. The minimum absolute atomic E-state index is 0. The van der Waals surface area contributed by atoms with E-state index in [-0.39, 0.29) is 32.2 Å². The van der Waals surface area contributed by atoms with Gasteiger partial charge in [0.25, 0.3) is 0 Å². The van der Waals surface area contributed by atoms with Crippen molar-refractivity contribution in [1.29, 1.82) is 0 Å². The van der Waals surface area contributed by atoms with E-state index in [1.807, 2.05) is 6.92 Å². The fourth-order valence-electron chi connectivity index (χ4n) is 0. The topological polar surface area (TPSA) is 0 Å². The van der Waals surface area contributed by atoms with Crippen LogP contribution in [0.3, 0.4) is 0 Å². The molecule has 0 rings (SSSR count). The average Bonchev–Trinajstić information content (AvgIpc) is 2.22. The van der Waals surface area contributed by atoms with E-state index in [1.165, 1.54) is 12.8 Å². The third-order valence-corrected chi connectivity index (χ3v) is 0. The fraction of sp³-hybridized carbons (Fsp3) is 1.00. The van der Waals surface area contributed by atoms with Crippen molar-refractivity contribution in [3.63, 3.8) is 0 Å². The van der Waals surface area contributed by atoms with Gasteiger partial charge in [0.2, 0.25) is 0 Å². The zero-order valence-corrected chi connectivity index (χ0v) is 13.4. The maximum Gasteiger partial charge on any atom is 0.0230 e. The van der Waals surface area contributed by atoms with E-state index < -0.39 is 0 Å². The van der Waals surface area contributed by atoms with E-state index in [2.05, 4.69) is 27.7 Å². The molecule has 17 heavy (non-hydrogen) atoms. The normalized spacial score (nSPS) is 6.18. The lowest BCUT2D eigenvalue weighted by atomic mass is 10.6. The predicted molar refractivity (Wildman–Crippen MR) is 102 cm³/mol. The van der Waals surface area contributed by atoms with Gasteiger partial charge in [-0.25, -0.2) is 0 Å². The fourth-order valence-corrected chi connectivity index (χ4v) is 0. The molecule has 0 amide bonds. The molecular formula is C16H51P. The molecule has 0 saturated carbocycles. The van der Waals surface area contributed by atoms with Gasteiger partial charge in [0.05, 0.1) is 0 Å². The molecule has 0 fully saturated rings. The highest BCUT2D eigenvalue weighted by Gasteiger charge is 1.36. The summed E-state index contributed by atoms with van der Waals surface area (Å²) in [5, 5.41) is 0. The summed E-state index contributed by atoms with van der Waals surface area (Å²) in [5.74, 6) is 0. The van der Waals surface area contributed by atoms with E-state index >= 15 is 0 Å². The Kier molecular flexibility index (Phi) is 704. The second kappa shape index (κ2) is 332. The molecule has 0 N–H and O–H groups in total. The Morgan fingerprint density at radius 3 is 0.882 bits per heavy atom. The number of hydrogen-bond acceptors (Lipinski definition) is 0. The maximum absolute atomic E-state index is 6.45. The summed E-state index contributed by atoms with van der Waals surface area (Å²) in [4.78, 5) is 0. The Bertz CT molecular complexity index is 38.7. The summed E-state index contributed by atoms with van der Waals surface area (Å²) < 4.78 is 18.9. The lowest BCUT2D eigenvalue weighted by Crippen LogP contribution is -1.27. The minimum atomic E-state index is 0. The first-order valence-electron chi connectivity index (χ1n) is 7.57. The second-order valence-electron chi connectivity index (χ2n) is 1.91. The Morgan fingerprint density at radius 2 is 0.882 bits per heavy atom. The zero-order valence-electron chi connectivity index (χ0n) is 14.9. The van der Waals surface area contributed by atoms with Gasteiger partial charge in [0.15, 0.2) is 0 Å². The van der Waals surface area contributed by atoms with Crippen molar-refractivity contribution in [2.24, 2.45) is 0 Å². The maximum atomic E-state index is 6.45.